The number of Topliss-reactive ketones (excluding diaryl/α,β-unsaturated/α-hetero) is 1. The van der Waals surface area contributed by atoms with E-state index in [1.807, 2.05) is 0 Å². The molecule has 0 fully saturated rings. The number of hydrogen-bond donors (Lipinski definition) is 0. The Morgan fingerprint density at radius 3 is 2.53 bits per heavy atom. The van der Waals surface area contributed by atoms with Crippen LogP contribution in [0.3, 0.4) is 0 Å². The van der Waals surface area contributed by atoms with Crippen LogP contribution in [-0.4, -0.2) is 12.3 Å². The van der Waals surface area contributed by atoms with Crippen molar-refractivity contribution in [3.05, 3.63) is 44.3 Å². The topological polar surface area (TPSA) is 65.8 Å². The molecule has 0 unspecified atom stereocenters. The van der Waals surface area contributed by atoms with E-state index in [0.29, 0.717) is 15.6 Å². The van der Waals surface area contributed by atoms with Gasteiger partial charge in [-0.25, -0.2) is 0 Å². The SMILES string of the molecule is [N-]=[N+]=NCC(=O)Cc1c(Cl)cccc1Cl. The Kier molecular flexibility index (Phi) is 4.43. The van der Waals surface area contributed by atoms with Gasteiger partial charge in [0.1, 0.15) is 5.78 Å². The highest BCUT2D eigenvalue weighted by Crippen LogP contribution is 2.24. The molecule has 0 heterocycles. The summed E-state index contributed by atoms with van der Waals surface area (Å²) < 4.78 is 0. The molecule has 0 saturated carbocycles. The zero-order valence-corrected chi connectivity index (χ0v) is 9.16. The smallest absolute Gasteiger partial charge is 0.143 e. The van der Waals surface area contributed by atoms with Gasteiger partial charge in [-0.3, -0.25) is 4.79 Å². The summed E-state index contributed by atoms with van der Waals surface area (Å²) in [5.74, 6) is -0.220. The molecular weight excluding hydrogens is 237 g/mol. The van der Waals surface area contributed by atoms with Gasteiger partial charge in [-0.05, 0) is 23.2 Å². The lowest BCUT2D eigenvalue weighted by Gasteiger charge is -2.04. The lowest BCUT2D eigenvalue weighted by molar-refractivity contribution is -0.117. The highest BCUT2D eigenvalue weighted by molar-refractivity contribution is 6.36. The predicted molar refractivity (Wildman–Crippen MR) is 59.2 cm³/mol. The van der Waals surface area contributed by atoms with Crippen molar-refractivity contribution in [2.24, 2.45) is 5.11 Å². The molecule has 0 aliphatic rings. The summed E-state index contributed by atoms with van der Waals surface area (Å²) in [5, 5.41) is 4.06. The number of ketones is 1. The third-order valence-corrected chi connectivity index (χ3v) is 2.45. The van der Waals surface area contributed by atoms with Gasteiger partial charge in [0.25, 0.3) is 0 Å². The van der Waals surface area contributed by atoms with Crippen LogP contribution >= 0.6 is 23.2 Å². The first-order chi connectivity index (χ1) is 7.15. The molecule has 1 rings (SSSR count). The standard InChI is InChI=1S/C9H7Cl2N3O/c10-8-2-1-3-9(11)7(8)4-6(15)5-13-14-12/h1-3H,4-5H2. The highest BCUT2D eigenvalue weighted by atomic mass is 35.5. The summed E-state index contributed by atoms with van der Waals surface area (Å²) in [6, 6.07) is 5.01. The van der Waals surface area contributed by atoms with Crippen LogP contribution in [0.5, 0.6) is 0 Å². The Morgan fingerprint density at radius 2 is 2.00 bits per heavy atom. The molecular formula is C9H7Cl2N3O. The van der Waals surface area contributed by atoms with E-state index in [0.717, 1.165) is 0 Å². The number of benzene rings is 1. The van der Waals surface area contributed by atoms with Crippen LogP contribution in [-0.2, 0) is 11.2 Å². The van der Waals surface area contributed by atoms with E-state index in [1.165, 1.54) is 0 Å². The van der Waals surface area contributed by atoms with Gasteiger partial charge in [0, 0.05) is 21.4 Å². The van der Waals surface area contributed by atoms with Gasteiger partial charge in [0.2, 0.25) is 0 Å². The molecule has 0 bridgehead atoms. The second-order valence-corrected chi connectivity index (χ2v) is 3.62. The molecule has 0 saturated heterocycles. The largest absolute Gasteiger partial charge is 0.299 e. The van der Waals surface area contributed by atoms with Crippen LogP contribution in [0.25, 0.3) is 10.4 Å². The maximum atomic E-state index is 11.3. The van der Waals surface area contributed by atoms with Crippen LogP contribution in [0.1, 0.15) is 5.56 Å². The lowest BCUT2D eigenvalue weighted by Crippen LogP contribution is -2.06. The molecule has 78 valence electrons. The van der Waals surface area contributed by atoms with Crippen molar-refractivity contribution in [1.82, 2.24) is 0 Å². The van der Waals surface area contributed by atoms with Gasteiger partial charge >= 0.3 is 0 Å². The summed E-state index contributed by atoms with van der Waals surface area (Å²) in [5.41, 5.74) is 8.61. The van der Waals surface area contributed by atoms with E-state index in [1.54, 1.807) is 18.2 Å². The number of azide groups is 1. The van der Waals surface area contributed by atoms with E-state index in [4.69, 9.17) is 28.7 Å². The van der Waals surface area contributed by atoms with Crippen LogP contribution in [0.2, 0.25) is 10.0 Å². The summed E-state index contributed by atoms with van der Waals surface area (Å²) in [6.45, 7) is -0.182. The number of hydrogen-bond acceptors (Lipinski definition) is 2. The van der Waals surface area contributed by atoms with Crippen LogP contribution in [0.15, 0.2) is 23.3 Å². The van der Waals surface area contributed by atoms with Crippen LogP contribution < -0.4 is 0 Å². The molecule has 0 aliphatic heterocycles. The molecule has 0 spiro atoms. The first kappa shape index (κ1) is 11.9. The van der Waals surface area contributed by atoms with E-state index >= 15 is 0 Å². The van der Waals surface area contributed by atoms with Crippen molar-refractivity contribution in [3.8, 4) is 0 Å². The summed E-state index contributed by atoms with van der Waals surface area (Å²) in [4.78, 5) is 13.8. The Labute approximate surface area is 96.4 Å². The maximum absolute atomic E-state index is 11.3. The Hall–Kier alpha value is -1.22. The van der Waals surface area contributed by atoms with Gasteiger partial charge in [-0.1, -0.05) is 34.4 Å². The first-order valence-corrected chi connectivity index (χ1v) is 4.86. The maximum Gasteiger partial charge on any atom is 0.143 e. The summed E-state index contributed by atoms with van der Waals surface area (Å²) in [7, 11) is 0. The van der Waals surface area contributed by atoms with Gasteiger partial charge in [-0.2, -0.15) is 0 Å². The number of rotatable bonds is 4. The van der Waals surface area contributed by atoms with Crippen molar-refractivity contribution in [1.29, 1.82) is 0 Å². The molecule has 0 N–H and O–H groups in total. The molecule has 0 radical (unpaired) electrons. The Bertz CT molecular complexity index is 407. The quantitative estimate of drug-likeness (QED) is 0.454. The number of carbonyl (C=O) groups is 1. The molecule has 1 aromatic carbocycles. The molecule has 0 aliphatic carbocycles. The Morgan fingerprint density at radius 1 is 1.40 bits per heavy atom. The van der Waals surface area contributed by atoms with Gasteiger partial charge in [0.05, 0.1) is 6.54 Å². The third-order valence-electron chi connectivity index (χ3n) is 1.75. The fourth-order valence-corrected chi connectivity index (χ4v) is 1.60. The molecule has 6 heteroatoms. The van der Waals surface area contributed by atoms with Gasteiger partial charge < -0.3 is 0 Å². The minimum atomic E-state index is -0.220. The molecule has 4 nitrogen and oxygen atoms in total. The van der Waals surface area contributed by atoms with E-state index in [2.05, 4.69) is 10.0 Å². The average molecular weight is 244 g/mol. The van der Waals surface area contributed by atoms with E-state index in [9.17, 15) is 4.79 Å². The van der Waals surface area contributed by atoms with E-state index < -0.39 is 0 Å². The van der Waals surface area contributed by atoms with Crippen molar-refractivity contribution in [2.75, 3.05) is 6.54 Å². The zero-order chi connectivity index (χ0) is 11.3. The van der Waals surface area contributed by atoms with E-state index in [-0.39, 0.29) is 18.7 Å². The number of halogens is 2. The van der Waals surface area contributed by atoms with Crippen LogP contribution in [0.4, 0.5) is 0 Å². The fraction of sp³-hybridized carbons (Fsp3) is 0.222. The third kappa shape index (κ3) is 3.44. The average Bonchev–Trinajstić information content (AvgIpc) is 2.21. The molecule has 15 heavy (non-hydrogen) atoms. The lowest BCUT2D eigenvalue weighted by atomic mass is 10.1. The molecule has 1 aromatic rings. The van der Waals surface area contributed by atoms with Gasteiger partial charge in [0.15, 0.2) is 0 Å². The Balaban J connectivity index is 2.80. The van der Waals surface area contributed by atoms with Crippen molar-refractivity contribution >= 4 is 29.0 Å². The van der Waals surface area contributed by atoms with Crippen LogP contribution in [0, 0.1) is 0 Å². The molecule has 0 aromatic heterocycles. The zero-order valence-electron chi connectivity index (χ0n) is 7.65. The van der Waals surface area contributed by atoms with Crippen molar-refractivity contribution in [3.63, 3.8) is 0 Å². The minimum absolute atomic E-state index is 0.0809. The monoisotopic (exact) mass is 243 g/mol. The first-order valence-electron chi connectivity index (χ1n) is 4.10. The fourth-order valence-electron chi connectivity index (χ4n) is 1.06. The minimum Gasteiger partial charge on any atom is -0.299 e. The second-order valence-electron chi connectivity index (χ2n) is 2.80. The summed E-state index contributed by atoms with van der Waals surface area (Å²) >= 11 is 11.7. The van der Waals surface area contributed by atoms with Crippen molar-refractivity contribution in [2.45, 2.75) is 6.42 Å². The number of carbonyl (C=O) groups excluding carboxylic acids is 1. The molecule has 0 amide bonds. The normalized spacial score (nSPS) is 9.47. The highest BCUT2D eigenvalue weighted by Gasteiger charge is 2.09. The molecule has 0 atom stereocenters. The van der Waals surface area contributed by atoms with Crippen molar-refractivity contribution < 1.29 is 4.79 Å². The number of nitrogens with zero attached hydrogens (tertiary/aromatic N) is 3. The second kappa shape index (κ2) is 5.61. The predicted octanol–water partition coefficient (Wildman–Crippen LogP) is 3.42. The van der Waals surface area contributed by atoms with Gasteiger partial charge in [-0.15, -0.1) is 0 Å². The summed E-state index contributed by atoms with van der Waals surface area (Å²) in [6.07, 6.45) is 0.0809.